The standard InChI is InChI=1S/C24H29N3O/c1-4-5-8-18-11-13-20(14-12-18)26-16-19(15-23(26)28)24-25-21-9-6-7-10-22(21)27(24)17(2)3/h6-7,9-14,17,19H,4-5,8,15-16H2,1-3H3/t19-/m1/s1. The summed E-state index contributed by atoms with van der Waals surface area (Å²) in [6.07, 6.45) is 4.03. The number of benzene rings is 2. The van der Waals surface area contributed by atoms with Crippen LogP contribution in [0.2, 0.25) is 0 Å². The number of aromatic nitrogens is 2. The van der Waals surface area contributed by atoms with Crippen LogP contribution in [-0.2, 0) is 11.2 Å². The van der Waals surface area contributed by atoms with Gasteiger partial charge in [0.05, 0.1) is 11.0 Å². The Morgan fingerprint density at radius 1 is 1.11 bits per heavy atom. The van der Waals surface area contributed by atoms with E-state index in [2.05, 4.69) is 67.8 Å². The van der Waals surface area contributed by atoms with Gasteiger partial charge in [-0.3, -0.25) is 4.79 Å². The molecule has 28 heavy (non-hydrogen) atoms. The van der Waals surface area contributed by atoms with Gasteiger partial charge < -0.3 is 9.47 Å². The lowest BCUT2D eigenvalue weighted by molar-refractivity contribution is -0.117. The zero-order valence-electron chi connectivity index (χ0n) is 17.1. The van der Waals surface area contributed by atoms with Gasteiger partial charge in [0.15, 0.2) is 0 Å². The van der Waals surface area contributed by atoms with Gasteiger partial charge >= 0.3 is 0 Å². The number of para-hydroxylation sites is 2. The molecule has 4 heteroatoms. The number of fused-ring (bicyclic) bond motifs is 1. The molecule has 2 heterocycles. The van der Waals surface area contributed by atoms with Crippen LogP contribution in [-0.4, -0.2) is 22.0 Å². The molecule has 0 unspecified atom stereocenters. The Kier molecular flexibility index (Phi) is 5.21. The SMILES string of the molecule is CCCCc1ccc(N2C[C@H](c3nc4ccccc4n3C(C)C)CC2=O)cc1. The van der Waals surface area contributed by atoms with Gasteiger partial charge in [0.1, 0.15) is 5.82 Å². The van der Waals surface area contributed by atoms with Crippen LogP contribution in [0.3, 0.4) is 0 Å². The number of imidazole rings is 1. The van der Waals surface area contributed by atoms with E-state index in [0.717, 1.165) is 29.0 Å². The molecule has 0 saturated carbocycles. The van der Waals surface area contributed by atoms with Crippen molar-refractivity contribution in [2.24, 2.45) is 0 Å². The highest BCUT2D eigenvalue weighted by Crippen LogP contribution is 2.34. The van der Waals surface area contributed by atoms with E-state index in [9.17, 15) is 4.79 Å². The topological polar surface area (TPSA) is 38.1 Å². The minimum atomic E-state index is 0.127. The van der Waals surface area contributed by atoms with E-state index in [1.54, 1.807) is 0 Å². The van der Waals surface area contributed by atoms with Gasteiger partial charge in [0, 0.05) is 30.6 Å². The number of carbonyl (C=O) groups excluding carboxylic acids is 1. The molecular formula is C24H29N3O. The summed E-state index contributed by atoms with van der Waals surface area (Å²) < 4.78 is 2.30. The van der Waals surface area contributed by atoms with Crippen LogP contribution in [0.4, 0.5) is 5.69 Å². The number of rotatable bonds is 6. The summed E-state index contributed by atoms with van der Waals surface area (Å²) in [5.41, 5.74) is 4.51. The Morgan fingerprint density at radius 2 is 1.86 bits per heavy atom. The van der Waals surface area contributed by atoms with Crippen molar-refractivity contribution in [1.29, 1.82) is 0 Å². The zero-order valence-corrected chi connectivity index (χ0v) is 17.1. The average Bonchev–Trinajstić information content (AvgIpc) is 3.27. The Hall–Kier alpha value is -2.62. The minimum absolute atomic E-state index is 0.127. The predicted octanol–water partition coefficient (Wildman–Crippen LogP) is 5.48. The molecule has 1 atom stereocenters. The lowest BCUT2D eigenvalue weighted by Crippen LogP contribution is -2.24. The van der Waals surface area contributed by atoms with Crippen LogP contribution in [0, 0.1) is 0 Å². The lowest BCUT2D eigenvalue weighted by Gasteiger charge is -2.19. The molecule has 146 valence electrons. The fraction of sp³-hybridized carbons (Fsp3) is 0.417. The quantitative estimate of drug-likeness (QED) is 0.572. The summed E-state index contributed by atoms with van der Waals surface area (Å²) in [5.74, 6) is 1.35. The van der Waals surface area contributed by atoms with Gasteiger partial charge in [-0.15, -0.1) is 0 Å². The minimum Gasteiger partial charge on any atom is -0.325 e. The molecule has 0 spiro atoms. The molecular weight excluding hydrogens is 346 g/mol. The predicted molar refractivity (Wildman–Crippen MR) is 115 cm³/mol. The maximum atomic E-state index is 12.8. The van der Waals surface area contributed by atoms with Gasteiger partial charge in [0.2, 0.25) is 5.91 Å². The van der Waals surface area contributed by atoms with E-state index >= 15 is 0 Å². The van der Waals surface area contributed by atoms with Crippen molar-refractivity contribution < 1.29 is 4.79 Å². The van der Waals surface area contributed by atoms with E-state index in [4.69, 9.17) is 4.98 Å². The third-order valence-corrected chi connectivity index (χ3v) is 5.70. The van der Waals surface area contributed by atoms with Crippen molar-refractivity contribution in [3.8, 4) is 0 Å². The molecule has 0 radical (unpaired) electrons. The molecule has 4 nitrogen and oxygen atoms in total. The average molecular weight is 376 g/mol. The highest BCUT2D eigenvalue weighted by Gasteiger charge is 2.35. The molecule has 4 rings (SSSR count). The van der Waals surface area contributed by atoms with Crippen molar-refractivity contribution in [2.75, 3.05) is 11.4 Å². The smallest absolute Gasteiger partial charge is 0.227 e. The molecule has 1 fully saturated rings. The second-order valence-electron chi connectivity index (χ2n) is 8.10. The van der Waals surface area contributed by atoms with Crippen LogP contribution in [0.15, 0.2) is 48.5 Å². The van der Waals surface area contributed by atoms with E-state index in [1.165, 1.54) is 18.4 Å². The number of unbranched alkanes of at least 4 members (excludes halogenated alkanes) is 1. The first-order valence-electron chi connectivity index (χ1n) is 10.4. The maximum Gasteiger partial charge on any atom is 0.227 e. The van der Waals surface area contributed by atoms with Gasteiger partial charge in [-0.2, -0.15) is 0 Å². The van der Waals surface area contributed by atoms with Gasteiger partial charge in [0.25, 0.3) is 0 Å². The summed E-state index contributed by atoms with van der Waals surface area (Å²) >= 11 is 0. The van der Waals surface area contributed by atoms with Crippen molar-refractivity contribution >= 4 is 22.6 Å². The Labute approximate surface area is 167 Å². The van der Waals surface area contributed by atoms with E-state index in [1.807, 2.05) is 11.0 Å². The Balaban J connectivity index is 1.60. The number of hydrogen-bond acceptors (Lipinski definition) is 2. The molecule has 1 saturated heterocycles. The monoisotopic (exact) mass is 375 g/mol. The van der Waals surface area contributed by atoms with Gasteiger partial charge in [-0.25, -0.2) is 4.98 Å². The number of carbonyl (C=O) groups is 1. The summed E-state index contributed by atoms with van der Waals surface area (Å²) in [6, 6.07) is 17.1. The summed E-state index contributed by atoms with van der Waals surface area (Å²) in [6.45, 7) is 7.27. The van der Waals surface area contributed by atoms with Crippen molar-refractivity contribution in [3.63, 3.8) is 0 Å². The number of amides is 1. The molecule has 2 aromatic carbocycles. The van der Waals surface area contributed by atoms with Crippen LogP contribution in [0.1, 0.15) is 63.4 Å². The van der Waals surface area contributed by atoms with Gasteiger partial charge in [-0.05, 0) is 56.5 Å². The molecule has 1 aliphatic rings. The van der Waals surface area contributed by atoms with Crippen molar-refractivity contribution in [3.05, 3.63) is 59.9 Å². The largest absolute Gasteiger partial charge is 0.325 e. The Morgan fingerprint density at radius 3 is 2.57 bits per heavy atom. The Bertz CT molecular complexity index is 971. The lowest BCUT2D eigenvalue weighted by atomic mass is 10.1. The van der Waals surface area contributed by atoms with Crippen LogP contribution in [0.5, 0.6) is 0 Å². The zero-order chi connectivity index (χ0) is 19.7. The second kappa shape index (κ2) is 7.78. The number of nitrogens with zero attached hydrogens (tertiary/aromatic N) is 3. The van der Waals surface area contributed by atoms with Gasteiger partial charge in [-0.1, -0.05) is 37.6 Å². The van der Waals surface area contributed by atoms with Crippen molar-refractivity contribution in [1.82, 2.24) is 9.55 Å². The number of anilines is 1. The van der Waals surface area contributed by atoms with E-state index < -0.39 is 0 Å². The maximum absolute atomic E-state index is 12.8. The molecule has 1 aromatic heterocycles. The third-order valence-electron chi connectivity index (χ3n) is 5.70. The highest BCUT2D eigenvalue weighted by atomic mass is 16.2. The number of hydrogen-bond donors (Lipinski definition) is 0. The first-order chi connectivity index (χ1) is 13.6. The highest BCUT2D eigenvalue weighted by molar-refractivity contribution is 5.96. The van der Waals surface area contributed by atoms with Crippen LogP contribution < -0.4 is 4.90 Å². The third kappa shape index (κ3) is 3.44. The number of aryl methyl sites for hydroxylation is 1. The fourth-order valence-electron chi connectivity index (χ4n) is 4.25. The van der Waals surface area contributed by atoms with E-state index in [0.29, 0.717) is 19.0 Å². The second-order valence-corrected chi connectivity index (χ2v) is 8.10. The molecule has 0 bridgehead atoms. The summed E-state index contributed by atoms with van der Waals surface area (Å²) in [7, 11) is 0. The fourth-order valence-corrected chi connectivity index (χ4v) is 4.25. The summed E-state index contributed by atoms with van der Waals surface area (Å²) in [5, 5.41) is 0. The molecule has 0 aliphatic carbocycles. The van der Waals surface area contributed by atoms with Crippen LogP contribution >= 0.6 is 0 Å². The molecule has 3 aromatic rings. The van der Waals surface area contributed by atoms with Crippen LogP contribution in [0.25, 0.3) is 11.0 Å². The molecule has 1 amide bonds. The first kappa shape index (κ1) is 18.7. The van der Waals surface area contributed by atoms with E-state index in [-0.39, 0.29) is 11.8 Å². The molecule has 0 N–H and O–H groups in total. The summed E-state index contributed by atoms with van der Waals surface area (Å²) in [4.78, 5) is 19.6. The van der Waals surface area contributed by atoms with Crippen molar-refractivity contribution in [2.45, 2.75) is 58.4 Å². The molecule has 1 aliphatic heterocycles. The normalized spacial score (nSPS) is 17.2. The first-order valence-corrected chi connectivity index (χ1v) is 10.4.